The number of hydrogen-bond donors (Lipinski definition) is 4. The highest BCUT2D eigenvalue weighted by Crippen LogP contribution is 2.30. The third-order valence-electron chi connectivity index (χ3n) is 8.94. The van der Waals surface area contributed by atoms with Crippen LogP contribution in [0, 0.1) is 23.6 Å². The Morgan fingerprint density at radius 2 is 1.37 bits per heavy atom. The first-order valence-corrected chi connectivity index (χ1v) is 17.2. The summed E-state index contributed by atoms with van der Waals surface area (Å²) in [7, 11) is 0. The van der Waals surface area contributed by atoms with Gasteiger partial charge in [-0.25, -0.2) is 9.18 Å². The fraction of sp³-hybridized carbons (Fsp3) is 0.541. The van der Waals surface area contributed by atoms with Gasteiger partial charge in [0.05, 0.1) is 12.6 Å². The molecule has 4 atom stereocenters. The van der Waals surface area contributed by atoms with E-state index in [0.29, 0.717) is 51.1 Å². The number of hydrogen-bond acceptors (Lipinski definition) is 6. The number of benzene rings is 2. The number of likely N-dealkylation sites (tertiary alicyclic amines) is 1. The van der Waals surface area contributed by atoms with Gasteiger partial charge in [0, 0.05) is 31.1 Å². The van der Waals surface area contributed by atoms with Crippen molar-refractivity contribution in [1.82, 2.24) is 20.9 Å². The molecule has 0 bridgehead atoms. The third kappa shape index (κ3) is 11.1. The van der Waals surface area contributed by atoms with Gasteiger partial charge in [0.2, 0.25) is 17.7 Å². The van der Waals surface area contributed by atoms with Gasteiger partial charge >= 0.3 is 6.03 Å². The number of carbonyl (C=O) groups excluding carboxylic acids is 5. The summed E-state index contributed by atoms with van der Waals surface area (Å²) >= 11 is 0. The Balaban J connectivity index is 1.40. The Morgan fingerprint density at radius 3 is 1.94 bits per heavy atom. The van der Waals surface area contributed by atoms with Crippen molar-refractivity contribution in [2.75, 3.05) is 25.0 Å². The van der Waals surface area contributed by atoms with E-state index in [-0.39, 0.29) is 35.9 Å². The van der Waals surface area contributed by atoms with Crippen molar-refractivity contribution in [1.29, 1.82) is 0 Å². The van der Waals surface area contributed by atoms with Crippen molar-refractivity contribution in [3.05, 3.63) is 66.0 Å². The second-order valence-corrected chi connectivity index (χ2v) is 14.2. The maximum Gasteiger partial charge on any atom is 0.318 e. The smallest absolute Gasteiger partial charge is 0.318 e. The fourth-order valence-corrected chi connectivity index (χ4v) is 5.99. The van der Waals surface area contributed by atoms with Crippen LogP contribution < -0.4 is 21.3 Å². The average molecular weight is 680 g/mol. The first-order valence-electron chi connectivity index (χ1n) is 17.2. The van der Waals surface area contributed by atoms with Crippen molar-refractivity contribution in [3.63, 3.8) is 0 Å². The molecule has 4 N–H and O–H groups in total. The molecule has 4 rings (SSSR count). The van der Waals surface area contributed by atoms with Gasteiger partial charge in [-0.1, -0.05) is 58.0 Å². The minimum Gasteiger partial charge on any atom is -0.361 e. The van der Waals surface area contributed by atoms with E-state index in [1.807, 2.05) is 58.0 Å². The molecule has 0 radical (unpaired) electrons. The number of ketones is 1. The second kappa shape index (κ2) is 16.9. The van der Waals surface area contributed by atoms with Gasteiger partial charge in [0.25, 0.3) is 0 Å². The number of epoxide rings is 1. The molecule has 11 nitrogen and oxygen atoms in total. The molecule has 2 aliphatic rings. The predicted molar refractivity (Wildman–Crippen MR) is 184 cm³/mol. The number of urea groups is 1. The molecule has 2 aromatic carbocycles. The minimum absolute atomic E-state index is 0.0469. The van der Waals surface area contributed by atoms with E-state index in [4.69, 9.17) is 4.74 Å². The van der Waals surface area contributed by atoms with Gasteiger partial charge in [-0.05, 0) is 74.3 Å². The highest BCUT2D eigenvalue weighted by Gasteiger charge is 2.50. The summed E-state index contributed by atoms with van der Waals surface area (Å²) in [5, 5.41) is 11.4. The number of ether oxygens (including phenoxy) is 1. The largest absolute Gasteiger partial charge is 0.361 e. The van der Waals surface area contributed by atoms with E-state index < -0.39 is 47.4 Å². The van der Waals surface area contributed by atoms with Gasteiger partial charge in [-0.2, -0.15) is 0 Å². The Bertz CT molecular complexity index is 1460. The predicted octanol–water partition coefficient (Wildman–Crippen LogP) is 4.22. The number of rotatable bonds is 15. The highest BCUT2D eigenvalue weighted by atomic mass is 19.1. The van der Waals surface area contributed by atoms with Crippen LogP contribution in [0.2, 0.25) is 0 Å². The number of amides is 5. The van der Waals surface area contributed by atoms with Crippen LogP contribution in [0.5, 0.6) is 0 Å². The summed E-state index contributed by atoms with van der Waals surface area (Å²) in [6, 6.07) is 11.7. The monoisotopic (exact) mass is 679 g/mol. The zero-order chi connectivity index (χ0) is 35.7. The first kappa shape index (κ1) is 37.5. The van der Waals surface area contributed by atoms with Gasteiger partial charge < -0.3 is 30.9 Å². The third-order valence-corrected chi connectivity index (χ3v) is 8.94. The zero-order valence-corrected chi connectivity index (χ0v) is 29.1. The lowest BCUT2D eigenvalue weighted by atomic mass is 9.93. The average Bonchev–Trinajstić information content (AvgIpc) is 3.82. The lowest BCUT2D eigenvalue weighted by Gasteiger charge is -2.33. The van der Waals surface area contributed by atoms with Gasteiger partial charge in [0.15, 0.2) is 5.78 Å². The molecule has 266 valence electrons. The number of halogens is 1. The topological polar surface area (TPSA) is 149 Å². The lowest BCUT2D eigenvalue weighted by molar-refractivity contribution is -0.133. The van der Waals surface area contributed by atoms with E-state index in [0.717, 1.165) is 5.56 Å². The summed E-state index contributed by atoms with van der Waals surface area (Å²) in [6.45, 7) is 10.5. The molecule has 49 heavy (non-hydrogen) atoms. The number of nitrogens with zero attached hydrogens (tertiary/aromatic N) is 1. The molecule has 2 saturated heterocycles. The standard InChI is InChI=1S/C37H50FN5O6/c1-23(2)19-29(32(44)37(5)22-49-37)40-35(47)31(21-25-9-7-6-8-10-25)41-34(46)30(20-24(3)4)42-36(48)43-17-15-26(16-18-43)33(45)39-28-13-11-27(38)12-14-28/h6-14,23-24,26,29-31H,15-22H2,1-5H3,(H,39,45)(H,40,47)(H,41,46)(H,42,48). The maximum absolute atomic E-state index is 13.8. The summed E-state index contributed by atoms with van der Waals surface area (Å²) in [6.07, 6.45) is 1.80. The Morgan fingerprint density at radius 1 is 0.816 bits per heavy atom. The summed E-state index contributed by atoms with van der Waals surface area (Å²) < 4.78 is 18.6. The SMILES string of the molecule is CC(C)CC(NC(=O)N1CCC(C(=O)Nc2ccc(F)cc2)CC1)C(=O)NC(Cc1ccccc1)C(=O)NC(CC(C)C)C(=O)C1(C)CO1. The Hall–Kier alpha value is -4.32. The van der Waals surface area contributed by atoms with Crippen LogP contribution in [-0.4, -0.2) is 77.9 Å². The van der Waals surface area contributed by atoms with Gasteiger partial charge in [-0.15, -0.1) is 0 Å². The molecule has 0 aliphatic carbocycles. The number of carbonyl (C=O) groups is 5. The Labute approximate surface area is 288 Å². The van der Waals surface area contributed by atoms with Crippen molar-refractivity contribution in [2.24, 2.45) is 17.8 Å². The summed E-state index contributed by atoms with van der Waals surface area (Å²) in [4.78, 5) is 68.6. The molecule has 12 heteroatoms. The van der Waals surface area contributed by atoms with Crippen LogP contribution in [0.1, 0.15) is 65.9 Å². The van der Waals surface area contributed by atoms with E-state index in [2.05, 4.69) is 21.3 Å². The second-order valence-electron chi connectivity index (χ2n) is 14.2. The van der Waals surface area contributed by atoms with Crippen LogP contribution in [0.3, 0.4) is 0 Å². The molecular formula is C37H50FN5O6. The quantitative estimate of drug-likeness (QED) is 0.207. The minimum atomic E-state index is -1.01. The molecule has 2 heterocycles. The molecule has 0 saturated carbocycles. The van der Waals surface area contributed by atoms with E-state index in [1.54, 1.807) is 11.8 Å². The van der Waals surface area contributed by atoms with Gasteiger partial charge in [0.1, 0.15) is 23.5 Å². The molecule has 4 unspecified atom stereocenters. The zero-order valence-electron chi connectivity index (χ0n) is 29.1. The molecule has 2 fully saturated rings. The first-order chi connectivity index (χ1) is 23.2. The summed E-state index contributed by atoms with van der Waals surface area (Å²) in [5.41, 5.74) is 0.406. The highest BCUT2D eigenvalue weighted by molar-refractivity contribution is 5.98. The molecule has 5 amide bonds. The number of piperidine rings is 1. The van der Waals surface area contributed by atoms with Crippen LogP contribution in [0.15, 0.2) is 54.6 Å². The van der Waals surface area contributed by atoms with Crippen molar-refractivity contribution in [3.8, 4) is 0 Å². The lowest BCUT2D eigenvalue weighted by Crippen LogP contribution is -2.58. The Kier molecular flexibility index (Phi) is 12.9. The number of nitrogens with one attached hydrogen (secondary N) is 4. The van der Waals surface area contributed by atoms with E-state index >= 15 is 0 Å². The molecular weight excluding hydrogens is 629 g/mol. The van der Waals surface area contributed by atoms with Gasteiger partial charge in [-0.3, -0.25) is 19.2 Å². The molecule has 2 aromatic rings. The molecule has 0 aromatic heterocycles. The number of Topliss-reactive ketones (excluding diaryl/α,β-unsaturated/α-hetero) is 1. The molecule has 2 aliphatic heterocycles. The van der Waals surface area contributed by atoms with E-state index in [1.165, 1.54) is 24.3 Å². The number of anilines is 1. The van der Waals surface area contributed by atoms with Crippen LogP contribution in [-0.2, 0) is 30.3 Å². The van der Waals surface area contributed by atoms with Crippen molar-refractivity contribution < 1.29 is 33.1 Å². The maximum atomic E-state index is 13.8. The van der Waals surface area contributed by atoms with Crippen LogP contribution in [0.25, 0.3) is 0 Å². The van der Waals surface area contributed by atoms with Crippen molar-refractivity contribution in [2.45, 2.75) is 90.4 Å². The fourth-order valence-electron chi connectivity index (χ4n) is 5.99. The van der Waals surface area contributed by atoms with E-state index in [9.17, 15) is 28.4 Å². The van der Waals surface area contributed by atoms with Crippen LogP contribution in [0.4, 0.5) is 14.9 Å². The summed E-state index contributed by atoms with van der Waals surface area (Å²) in [5.74, 6) is -1.92. The van der Waals surface area contributed by atoms with Crippen molar-refractivity contribution >= 4 is 35.2 Å². The van der Waals surface area contributed by atoms with Crippen LogP contribution >= 0.6 is 0 Å². The normalized spacial score (nSPS) is 19.5. The molecule has 0 spiro atoms.